The van der Waals surface area contributed by atoms with Gasteiger partial charge in [-0.15, -0.1) is 0 Å². The summed E-state index contributed by atoms with van der Waals surface area (Å²) in [6.07, 6.45) is 5.88. The maximum absolute atomic E-state index is 4.42. The summed E-state index contributed by atoms with van der Waals surface area (Å²) < 4.78 is 2.15. The molecule has 80 valence electrons. The molecule has 2 rings (SSSR count). The zero-order valence-electron chi connectivity index (χ0n) is 9.73. The third-order valence-corrected chi connectivity index (χ3v) is 2.57. The highest BCUT2D eigenvalue weighted by atomic mass is 15.0. The SMILES string of the molecule is CC(C)c1cn2c(C(C)C)ncc2cn1. The van der Waals surface area contributed by atoms with Gasteiger partial charge in [-0.05, 0) is 5.92 Å². The highest BCUT2D eigenvalue weighted by Gasteiger charge is 2.09. The van der Waals surface area contributed by atoms with Crippen molar-refractivity contribution in [3.05, 3.63) is 30.1 Å². The molecule has 0 aliphatic carbocycles. The van der Waals surface area contributed by atoms with E-state index in [9.17, 15) is 0 Å². The molecule has 0 atom stereocenters. The molecule has 0 aliphatic rings. The lowest BCUT2D eigenvalue weighted by Crippen LogP contribution is -2.01. The molecule has 2 aromatic rings. The minimum atomic E-state index is 0.440. The van der Waals surface area contributed by atoms with Crippen molar-refractivity contribution in [3.8, 4) is 0 Å². The summed E-state index contributed by atoms with van der Waals surface area (Å²) in [6.45, 7) is 8.62. The van der Waals surface area contributed by atoms with Crippen LogP contribution in [0.1, 0.15) is 51.0 Å². The molecule has 0 amide bonds. The first-order chi connectivity index (χ1) is 7.09. The van der Waals surface area contributed by atoms with Gasteiger partial charge in [0.2, 0.25) is 0 Å². The van der Waals surface area contributed by atoms with Crippen LogP contribution in [0.4, 0.5) is 0 Å². The fourth-order valence-electron chi connectivity index (χ4n) is 1.66. The first kappa shape index (κ1) is 10.1. The molecule has 0 unspecified atom stereocenters. The summed E-state index contributed by atoms with van der Waals surface area (Å²) in [5.41, 5.74) is 2.19. The zero-order chi connectivity index (χ0) is 11.0. The lowest BCUT2D eigenvalue weighted by Gasteiger charge is -2.08. The van der Waals surface area contributed by atoms with Crippen molar-refractivity contribution in [1.82, 2.24) is 14.4 Å². The normalized spacial score (nSPS) is 11.9. The Morgan fingerprint density at radius 2 is 1.67 bits per heavy atom. The van der Waals surface area contributed by atoms with Gasteiger partial charge in [0.25, 0.3) is 0 Å². The smallest absolute Gasteiger partial charge is 0.115 e. The van der Waals surface area contributed by atoms with Gasteiger partial charge in [-0.2, -0.15) is 0 Å². The maximum atomic E-state index is 4.42. The monoisotopic (exact) mass is 203 g/mol. The Morgan fingerprint density at radius 1 is 1.00 bits per heavy atom. The van der Waals surface area contributed by atoms with Gasteiger partial charge in [-0.1, -0.05) is 27.7 Å². The van der Waals surface area contributed by atoms with Gasteiger partial charge in [-0.3, -0.25) is 4.98 Å². The third-order valence-electron chi connectivity index (χ3n) is 2.57. The van der Waals surface area contributed by atoms with E-state index in [1.807, 2.05) is 12.4 Å². The van der Waals surface area contributed by atoms with Crippen LogP contribution in [0.25, 0.3) is 5.52 Å². The van der Waals surface area contributed by atoms with Crippen LogP contribution in [0, 0.1) is 0 Å². The predicted octanol–water partition coefficient (Wildman–Crippen LogP) is 2.98. The average molecular weight is 203 g/mol. The molecular formula is C12H17N3. The number of rotatable bonds is 2. The summed E-state index contributed by atoms with van der Waals surface area (Å²) in [7, 11) is 0. The van der Waals surface area contributed by atoms with E-state index in [0.717, 1.165) is 17.0 Å². The summed E-state index contributed by atoms with van der Waals surface area (Å²) in [5, 5.41) is 0. The van der Waals surface area contributed by atoms with Crippen molar-refractivity contribution in [2.24, 2.45) is 0 Å². The van der Waals surface area contributed by atoms with Crippen LogP contribution in [0.5, 0.6) is 0 Å². The van der Waals surface area contributed by atoms with Crippen LogP contribution in [0.15, 0.2) is 18.6 Å². The molecule has 3 nitrogen and oxygen atoms in total. The van der Waals surface area contributed by atoms with Gasteiger partial charge >= 0.3 is 0 Å². The van der Waals surface area contributed by atoms with E-state index in [-0.39, 0.29) is 0 Å². The Kier molecular flexibility index (Phi) is 2.47. The summed E-state index contributed by atoms with van der Waals surface area (Å²) in [6, 6.07) is 0. The molecule has 0 aliphatic heterocycles. The average Bonchev–Trinajstić information content (AvgIpc) is 2.59. The van der Waals surface area contributed by atoms with Crippen LogP contribution in [-0.2, 0) is 0 Å². The van der Waals surface area contributed by atoms with Gasteiger partial charge in [0.1, 0.15) is 5.82 Å². The Hall–Kier alpha value is -1.38. The molecule has 15 heavy (non-hydrogen) atoms. The van der Waals surface area contributed by atoms with Crippen LogP contribution >= 0.6 is 0 Å². The predicted molar refractivity (Wildman–Crippen MR) is 61.2 cm³/mol. The third kappa shape index (κ3) is 1.74. The van der Waals surface area contributed by atoms with Crippen molar-refractivity contribution in [2.45, 2.75) is 39.5 Å². The summed E-state index contributed by atoms with van der Waals surface area (Å²) in [4.78, 5) is 8.84. The number of hydrogen-bond acceptors (Lipinski definition) is 2. The second-order valence-corrected chi connectivity index (χ2v) is 4.53. The van der Waals surface area contributed by atoms with Crippen LogP contribution in [0.2, 0.25) is 0 Å². The highest BCUT2D eigenvalue weighted by Crippen LogP contribution is 2.18. The van der Waals surface area contributed by atoms with E-state index in [1.165, 1.54) is 0 Å². The van der Waals surface area contributed by atoms with Crippen molar-refractivity contribution >= 4 is 5.52 Å². The molecule has 3 heteroatoms. The van der Waals surface area contributed by atoms with E-state index in [2.05, 4.69) is 48.3 Å². The topological polar surface area (TPSA) is 30.2 Å². The lowest BCUT2D eigenvalue weighted by molar-refractivity contribution is 0.751. The molecular weight excluding hydrogens is 186 g/mol. The molecule has 2 heterocycles. The van der Waals surface area contributed by atoms with Crippen molar-refractivity contribution in [1.29, 1.82) is 0 Å². The minimum Gasteiger partial charge on any atom is -0.300 e. The van der Waals surface area contributed by atoms with Crippen LogP contribution in [-0.4, -0.2) is 14.4 Å². The number of hydrogen-bond donors (Lipinski definition) is 0. The number of fused-ring (bicyclic) bond motifs is 1. The second kappa shape index (κ2) is 3.65. The lowest BCUT2D eigenvalue weighted by atomic mass is 10.1. The largest absolute Gasteiger partial charge is 0.300 e. The molecule has 2 aromatic heterocycles. The molecule has 0 spiro atoms. The van der Waals surface area contributed by atoms with E-state index in [4.69, 9.17) is 0 Å². The Labute approximate surface area is 90.2 Å². The van der Waals surface area contributed by atoms with Gasteiger partial charge < -0.3 is 4.40 Å². The Balaban J connectivity index is 2.61. The van der Waals surface area contributed by atoms with Gasteiger partial charge in [-0.25, -0.2) is 4.98 Å². The van der Waals surface area contributed by atoms with Crippen molar-refractivity contribution < 1.29 is 0 Å². The van der Waals surface area contributed by atoms with E-state index >= 15 is 0 Å². The van der Waals surface area contributed by atoms with E-state index < -0.39 is 0 Å². The summed E-state index contributed by atoms with van der Waals surface area (Å²) >= 11 is 0. The Bertz CT molecular complexity index is 469. The Morgan fingerprint density at radius 3 is 2.27 bits per heavy atom. The highest BCUT2D eigenvalue weighted by molar-refractivity contribution is 5.44. The minimum absolute atomic E-state index is 0.440. The molecule has 0 saturated carbocycles. The molecule has 0 N–H and O–H groups in total. The number of aromatic nitrogens is 3. The molecule has 0 aromatic carbocycles. The first-order valence-corrected chi connectivity index (χ1v) is 5.42. The quantitative estimate of drug-likeness (QED) is 0.751. The van der Waals surface area contributed by atoms with Crippen molar-refractivity contribution in [3.63, 3.8) is 0 Å². The first-order valence-electron chi connectivity index (χ1n) is 5.42. The van der Waals surface area contributed by atoms with Gasteiger partial charge in [0, 0.05) is 12.1 Å². The summed E-state index contributed by atoms with van der Waals surface area (Å²) in [5.74, 6) is 2.00. The van der Waals surface area contributed by atoms with E-state index in [1.54, 1.807) is 0 Å². The maximum Gasteiger partial charge on any atom is 0.115 e. The fourth-order valence-corrected chi connectivity index (χ4v) is 1.66. The molecule has 0 radical (unpaired) electrons. The number of imidazole rings is 1. The molecule has 0 fully saturated rings. The van der Waals surface area contributed by atoms with Crippen LogP contribution in [0.3, 0.4) is 0 Å². The second-order valence-electron chi connectivity index (χ2n) is 4.53. The van der Waals surface area contributed by atoms with Gasteiger partial charge in [0.05, 0.1) is 23.6 Å². The zero-order valence-corrected chi connectivity index (χ0v) is 9.73. The van der Waals surface area contributed by atoms with Crippen LogP contribution < -0.4 is 0 Å². The molecule has 0 saturated heterocycles. The van der Waals surface area contributed by atoms with E-state index in [0.29, 0.717) is 11.8 Å². The van der Waals surface area contributed by atoms with Crippen molar-refractivity contribution in [2.75, 3.05) is 0 Å². The fraction of sp³-hybridized carbons (Fsp3) is 0.500. The molecule has 0 bridgehead atoms. The number of nitrogens with zero attached hydrogens (tertiary/aromatic N) is 3. The standard InChI is InChI=1S/C12H17N3/c1-8(2)11-7-15-10(5-13-11)6-14-12(15)9(3)4/h5-9H,1-4H3. The van der Waals surface area contributed by atoms with Gasteiger partial charge in [0.15, 0.2) is 0 Å².